The summed E-state index contributed by atoms with van der Waals surface area (Å²) < 4.78 is 11.1. The first-order chi connectivity index (χ1) is 11.2. The van der Waals surface area contributed by atoms with E-state index in [9.17, 15) is 4.79 Å². The van der Waals surface area contributed by atoms with Crippen molar-refractivity contribution >= 4 is 11.7 Å². The molecule has 1 fully saturated rings. The Balaban J connectivity index is 1.79. The zero-order valence-electron chi connectivity index (χ0n) is 13.8. The van der Waals surface area contributed by atoms with Gasteiger partial charge in [0.1, 0.15) is 12.4 Å². The first-order valence-electron chi connectivity index (χ1n) is 8.17. The number of carbonyl (C=O) groups excluding carboxylic acids is 1. The highest BCUT2D eigenvalue weighted by atomic mass is 16.5. The maximum atomic E-state index is 12.3. The predicted molar refractivity (Wildman–Crippen MR) is 92.0 cm³/mol. The number of rotatable bonds is 8. The molecule has 1 aromatic rings. The van der Waals surface area contributed by atoms with Crippen molar-refractivity contribution < 1.29 is 14.3 Å². The summed E-state index contributed by atoms with van der Waals surface area (Å²) in [5.74, 6) is 0.647. The van der Waals surface area contributed by atoms with Gasteiger partial charge >= 0.3 is 6.03 Å². The zero-order valence-corrected chi connectivity index (χ0v) is 13.8. The molecule has 1 aromatic carbocycles. The minimum atomic E-state index is -0.132. The fraction of sp³-hybridized carbons (Fsp3) is 0.500. The maximum absolute atomic E-state index is 12.3. The molecule has 0 spiro atoms. The van der Waals surface area contributed by atoms with Crippen LogP contribution in [0.1, 0.15) is 25.7 Å². The van der Waals surface area contributed by atoms with Crippen LogP contribution in [0.3, 0.4) is 0 Å². The van der Waals surface area contributed by atoms with Crippen LogP contribution in [0.5, 0.6) is 5.75 Å². The molecule has 1 N–H and O–H groups in total. The number of nitrogens with one attached hydrogen (secondary N) is 1. The Hall–Kier alpha value is -2.01. The van der Waals surface area contributed by atoms with E-state index >= 15 is 0 Å². The van der Waals surface area contributed by atoms with Crippen molar-refractivity contribution in [3.63, 3.8) is 0 Å². The van der Waals surface area contributed by atoms with E-state index in [2.05, 4.69) is 11.9 Å². The van der Waals surface area contributed by atoms with Crippen LogP contribution in [0.4, 0.5) is 10.5 Å². The Morgan fingerprint density at radius 1 is 1.52 bits per heavy atom. The number of urea groups is 1. The van der Waals surface area contributed by atoms with Crippen molar-refractivity contribution in [1.82, 2.24) is 4.90 Å². The van der Waals surface area contributed by atoms with Gasteiger partial charge in [0.15, 0.2) is 0 Å². The highest BCUT2D eigenvalue weighted by Crippen LogP contribution is 2.24. The molecule has 1 aliphatic rings. The van der Waals surface area contributed by atoms with E-state index < -0.39 is 0 Å². The molecule has 5 nitrogen and oxygen atoms in total. The first-order valence-corrected chi connectivity index (χ1v) is 8.17. The Kier molecular flexibility index (Phi) is 6.94. The largest absolute Gasteiger partial charge is 0.487 e. The maximum Gasteiger partial charge on any atom is 0.321 e. The second-order valence-corrected chi connectivity index (χ2v) is 5.72. The molecule has 1 atom stereocenters. The fourth-order valence-corrected chi connectivity index (χ4v) is 2.58. The molecule has 5 heteroatoms. The van der Waals surface area contributed by atoms with Gasteiger partial charge in [0.05, 0.1) is 11.8 Å². The highest BCUT2D eigenvalue weighted by Gasteiger charge is 2.16. The first kappa shape index (κ1) is 17.3. The predicted octanol–water partition coefficient (Wildman–Crippen LogP) is 3.67. The summed E-state index contributed by atoms with van der Waals surface area (Å²) in [6.45, 7) is 5.62. The van der Waals surface area contributed by atoms with Gasteiger partial charge in [0.2, 0.25) is 0 Å². The van der Waals surface area contributed by atoms with Crippen molar-refractivity contribution in [2.45, 2.75) is 31.8 Å². The molecular weight excluding hydrogens is 292 g/mol. The molecule has 0 aromatic heterocycles. The lowest BCUT2D eigenvalue weighted by molar-refractivity contribution is 0.101. The monoisotopic (exact) mass is 318 g/mol. The number of hydrogen-bond acceptors (Lipinski definition) is 3. The van der Waals surface area contributed by atoms with E-state index in [4.69, 9.17) is 9.47 Å². The topological polar surface area (TPSA) is 50.8 Å². The van der Waals surface area contributed by atoms with E-state index in [0.29, 0.717) is 30.7 Å². The van der Waals surface area contributed by atoms with Crippen LogP contribution < -0.4 is 10.1 Å². The second kappa shape index (κ2) is 9.20. The average molecular weight is 318 g/mol. The minimum absolute atomic E-state index is 0.132. The van der Waals surface area contributed by atoms with Crippen LogP contribution in [0.15, 0.2) is 36.9 Å². The van der Waals surface area contributed by atoms with Gasteiger partial charge in [-0.2, -0.15) is 0 Å². The van der Waals surface area contributed by atoms with E-state index in [-0.39, 0.29) is 6.03 Å². The number of amides is 2. The molecular formula is C18H26N2O3. The van der Waals surface area contributed by atoms with Gasteiger partial charge in [-0.25, -0.2) is 4.79 Å². The minimum Gasteiger partial charge on any atom is -0.487 e. The van der Waals surface area contributed by atoms with E-state index in [1.54, 1.807) is 18.0 Å². The van der Waals surface area contributed by atoms with E-state index in [0.717, 1.165) is 32.3 Å². The Morgan fingerprint density at radius 3 is 3.09 bits per heavy atom. The van der Waals surface area contributed by atoms with Crippen LogP contribution in [0.2, 0.25) is 0 Å². The molecule has 0 bridgehead atoms. The quantitative estimate of drug-likeness (QED) is 0.744. The van der Waals surface area contributed by atoms with Crippen molar-refractivity contribution in [2.24, 2.45) is 0 Å². The van der Waals surface area contributed by atoms with Gasteiger partial charge in [-0.1, -0.05) is 24.8 Å². The van der Waals surface area contributed by atoms with Crippen molar-refractivity contribution in [1.29, 1.82) is 0 Å². The van der Waals surface area contributed by atoms with Gasteiger partial charge in [0.25, 0.3) is 0 Å². The SMILES string of the molecule is C=CCOc1ccccc1NC(=O)N(C)CCC[C@H]1CCCO1. The van der Waals surface area contributed by atoms with E-state index in [1.165, 1.54) is 0 Å². The van der Waals surface area contributed by atoms with Crippen LogP contribution in [0, 0.1) is 0 Å². The standard InChI is InChI=1S/C18H26N2O3/c1-3-13-23-17-11-5-4-10-16(17)19-18(21)20(2)12-6-8-15-9-7-14-22-15/h3-5,10-11,15H,1,6-9,12-14H2,2H3,(H,19,21)/t15-/m0/s1. The molecule has 0 unspecified atom stereocenters. The third kappa shape index (κ3) is 5.60. The number of para-hydroxylation sites is 2. The normalized spacial score (nSPS) is 16.8. The van der Waals surface area contributed by atoms with Gasteiger partial charge in [-0.05, 0) is 37.8 Å². The second-order valence-electron chi connectivity index (χ2n) is 5.72. The summed E-state index contributed by atoms with van der Waals surface area (Å²) in [5.41, 5.74) is 0.672. The lowest BCUT2D eigenvalue weighted by Gasteiger charge is -2.20. The van der Waals surface area contributed by atoms with Crippen LogP contribution in [-0.4, -0.2) is 43.8 Å². The van der Waals surface area contributed by atoms with Crippen molar-refractivity contribution in [2.75, 3.05) is 32.1 Å². The number of carbonyl (C=O) groups is 1. The zero-order chi connectivity index (χ0) is 16.5. The lowest BCUT2D eigenvalue weighted by Crippen LogP contribution is -2.32. The molecule has 1 saturated heterocycles. The molecule has 1 aliphatic heterocycles. The van der Waals surface area contributed by atoms with Gasteiger partial charge < -0.3 is 19.7 Å². The third-order valence-corrected chi connectivity index (χ3v) is 3.88. The van der Waals surface area contributed by atoms with E-state index in [1.807, 2.05) is 24.3 Å². The van der Waals surface area contributed by atoms with Crippen LogP contribution in [-0.2, 0) is 4.74 Å². The summed E-state index contributed by atoms with van der Waals surface area (Å²) in [6, 6.07) is 7.27. The lowest BCUT2D eigenvalue weighted by atomic mass is 10.1. The molecule has 0 radical (unpaired) electrons. The Morgan fingerprint density at radius 2 is 2.35 bits per heavy atom. The number of benzene rings is 1. The average Bonchev–Trinajstić information content (AvgIpc) is 3.07. The number of ether oxygens (including phenoxy) is 2. The summed E-state index contributed by atoms with van der Waals surface area (Å²) in [4.78, 5) is 14.0. The van der Waals surface area contributed by atoms with Crippen LogP contribution in [0.25, 0.3) is 0 Å². The number of hydrogen-bond donors (Lipinski definition) is 1. The Labute approximate surface area is 138 Å². The number of nitrogens with zero attached hydrogens (tertiary/aromatic N) is 1. The molecule has 126 valence electrons. The van der Waals surface area contributed by atoms with Crippen molar-refractivity contribution in [3.8, 4) is 5.75 Å². The molecule has 23 heavy (non-hydrogen) atoms. The summed E-state index contributed by atoms with van der Waals surface area (Å²) in [7, 11) is 1.80. The molecule has 2 amide bonds. The summed E-state index contributed by atoms with van der Waals surface area (Å²) >= 11 is 0. The van der Waals surface area contributed by atoms with Gasteiger partial charge in [-0.3, -0.25) is 0 Å². The Bertz CT molecular complexity index is 513. The number of anilines is 1. The summed E-state index contributed by atoms with van der Waals surface area (Å²) in [5, 5.41) is 2.89. The smallest absolute Gasteiger partial charge is 0.321 e. The van der Waals surface area contributed by atoms with Gasteiger partial charge in [-0.15, -0.1) is 0 Å². The third-order valence-electron chi connectivity index (χ3n) is 3.88. The van der Waals surface area contributed by atoms with Gasteiger partial charge in [0, 0.05) is 20.2 Å². The molecule has 2 rings (SSSR count). The molecule has 1 heterocycles. The molecule has 0 aliphatic carbocycles. The summed E-state index contributed by atoms with van der Waals surface area (Å²) in [6.07, 6.45) is 6.31. The molecule has 0 saturated carbocycles. The fourth-order valence-electron chi connectivity index (χ4n) is 2.58. The van der Waals surface area contributed by atoms with Crippen LogP contribution >= 0.6 is 0 Å². The van der Waals surface area contributed by atoms with Crippen molar-refractivity contribution in [3.05, 3.63) is 36.9 Å². The highest BCUT2D eigenvalue weighted by molar-refractivity contribution is 5.90.